The van der Waals surface area contributed by atoms with Gasteiger partial charge in [0.25, 0.3) is 11.8 Å². The number of anilines is 2. The van der Waals surface area contributed by atoms with Crippen LogP contribution in [0.5, 0.6) is 0 Å². The first-order chi connectivity index (χ1) is 15.5. The lowest BCUT2D eigenvalue weighted by molar-refractivity contribution is -0.122. The molecule has 2 aliphatic rings. The quantitative estimate of drug-likeness (QED) is 0.387. The third-order valence-electron chi connectivity index (χ3n) is 6.32. The lowest BCUT2D eigenvalue weighted by atomic mass is 9.78. The van der Waals surface area contributed by atoms with E-state index in [1.54, 1.807) is 12.1 Å². The maximum Gasteiger partial charge on any atom is 0.270 e. The summed E-state index contributed by atoms with van der Waals surface area (Å²) >= 11 is 5.17. The Morgan fingerprint density at radius 2 is 1.85 bits per heavy atom. The summed E-state index contributed by atoms with van der Waals surface area (Å²) < 4.78 is 14.4. The number of nitrogens with zero attached hydrogens (tertiary/aromatic N) is 2. The molecular formula is C26H28FN3O2S. The lowest BCUT2D eigenvalue weighted by Gasteiger charge is -2.50. The van der Waals surface area contributed by atoms with Gasteiger partial charge in [-0.25, -0.2) is 9.29 Å². The molecule has 1 fully saturated rings. The van der Waals surface area contributed by atoms with Crippen LogP contribution in [-0.2, 0) is 9.59 Å². The largest absolute Gasteiger partial charge is 0.364 e. The van der Waals surface area contributed by atoms with Crippen molar-refractivity contribution in [3.8, 4) is 0 Å². The number of para-hydroxylation sites is 1. The van der Waals surface area contributed by atoms with E-state index in [2.05, 4.69) is 50.9 Å². The average Bonchev–Trinajstić information content (AvgIpc) is 2.71. The average molecular weight is 466 g/mol. The molecule has 1 atom stereocenters. The molecule has 2 aliphatic heterocycles. The second-order valence-electron chi connectivity index (χ2n) is 9.61. The molecule has 172 valence electrons. The van der Waals surface area contributed by atoms with Gasteiger partial charge in [-0.3, -0.25) is 14.9 Å². The van der Waals surface area contributed by atoms with Crippen LogP contribution in [0.25, 0.3) is 6.08 Å². The molecule has 1 N–H and O–H groups in total. The van der Waals surface area contributed by atoms with E-state index in [4.69, 9.17) is 12.2 Å². The number of carbonyl (C=O) groups is 2. The maximum absolute atomic E-state index is 14.4. The second-order valence-corrected chi connectivity index (χ2v) is 10.00. The van der Waals surface area contributed by atoms with Gasteiger partial charge in [0.15, 0.2) is 5.11 Å². The van der Waals surface area contributed by atoms with Gasteiger partial charge in [0.1, 0.15) is 11.4 Å². The zero-order valence-electron chi connectivity index (χ0n) is 19.5. The van der Waals surface area contributed by atoms with Crippen molar-refractivity contribution < 1.29 is 14.0 Å². The summed E-state index contributed by atoms with van der Waals surface area (Å²) in [6.45, 7) is 11.1. The fourth-order valence-electron chi connectivity index (χ4n) is 5.21. The third-order valence-corrected chi connectivity index (χ3v) is 6.61. The summed E-state index contributed by atoms with van der Waals surface area (Å²) in [6.07, 6.45) is 2.55. The molecule has 2 aromatic rings. The number of rotatable bonds is 3. The first-order valence-electron chi connectivity index (χ1n) is 11.1. The Morgan fingerprint density at radius 1 is 1.15 bits per heavy atom. The van der Waals surface area contributed by atoms with Gasteiger partial charge in [-0.2, -0.15) is 0 Å². The summed E-state index contributed by atoms with van der Waals surface area (Å²) in [5.41, 5.74) is 3.04. The number of hydrogen-bond acceptors (Lipinski definition) is 4. The molecule has 0 unspecified atom stereocenters. The minimum absolute atomic E-state index is 0.00673. The molecule has 0 bridgehead atoms. The van der Waals surface area contributed by atoms with Crippen LogP contribution in [-0.4, -0.2) is 28.5 Å². The molecule has 0 aromatic heterocycles. The first-order valence-corrected chi connectivity index (χ1v) is 11.5. The summed E-state index contributed by atoms with van der Waals surface area (Å²) in [7, 11) is 0. The van der Waals surface area contributed by atoms with Gasteiger partial charge in [-0.1, -0.05) is 25.1 Å². The molecule has 33 heavy (non-hydrogen) atoms. The molecule has 4 rings (SSSR count). The highest BCUT2D eigenvalue weighted by Crippen LogP contribution is 2.44. The van der Waals surface area contributed by atoms with Crippen molar-refractivity contribution in [1.29, 1.82) is 0 Å². The van der Waals surface area contributed by atoms with Crippen molar-refractivity contribution in [2.75, 3.05) is 9.80 Å². The van der Waals surface area contributed by atoms with Gasteiger partial charge in [0.2, 0.25) is 0 Å². The topological polar surface area (TPSA) is 52.7 Å². The van der Waals surface area contributed by atoms with E-state index in [9.17, 15) is 14.0 Å². The Bertz CT molecular complexity index is 1190. The number of benzene rings is 2. The van der Waals surface area contributed by atoms with Gasteiger partial charge >= 0.3 is 0 Å². The Hall–Kier alpha value is -3.06. The molecule has 0 aliphatic carbocycles. The van der Waals surface area contributed by atoms with Gasteiger partial charge in [-0.05, 0) is 93.7 Å². The zero-order chi connectivity index (χ0) is 24.1. The Balaban J connectivity index is 1.75. The zero-order valence-corrected chi connectivity index (χ0v) is 20.3. The number of halogens is 1. The Morgan fingerprint density at radius 3 is 2.52 bits per heavy atom. The van der Waals surface area contributed by atoms with E-state index in [0.29, 0.717) is 12.0 Å². The molecule has 2 amide bonds. The van der Waals surface area contributed by atoms with E-state index in [1.807, 2.05) is 12.1 Å². The molecule has 0 saturated carbocycles. The third kappa shape index (κ3) is 4.06. The lowest BCUT2D eigenvalue weighted by Crippen LogP contribution is -2.54. The Labute approximate surface area is 199 Å². The van der Waals surface area contributed by atoms with Crippen LogP contribution in [0, 0.1) is 5.82 Å². The fourth-order valence-corrected chi connectivity index (χ4v) is 5.49. The second kappa shape index (κ2) is 8.37. The highest BCUT2D eigenvalue weighted by atomic mass is 32.1. The predicted molar refractivity (Wildman–Crippen MR) is 134 cm³/mol. The summed E-state index contributed by atoms with van der Waals surface area (Å²) in [5, 5.41) is 2.38. The van der Waals surface area contributed by atoms with Gasteiger partial charge in [0, 0.05) is 17.3 Å². The molecule has 2 heterocycles. The molecule has 1 saturated heterocycles. The van der Waals surface area contributed by atoms with Crippen molar-refractivity contribution in [2.24, 2.45) is 0 Å². The van der Waals surface area contributed by atoms with Crippen LogP contribution < -0.4 is 15.1 Å². The minimum Gasteiger partial charge on any atom is -0.364 e. The number of fused-ring (bicyclic) bond motifs is 1. The molecular weight excluding hydrogens is 437 g/mol. The van der Waals surface area contributed by atoms with E-state index < -0.39 is 17.6 Å². The number of hydrogen-bond donors (Lipinski definition) is 1. The van der Waals surface area contributed by atoms with Crippen LogP contribution in [0.1, 0.15) is 58.1 Å². The summed E-state index contributed by atoms with van der Waals surface area (Å²) in [5.74, 6) is -1.51. The van der Waals surface area contributed by atoms with Crippen LogP contribution in [0.2, 0.25) is 0 Å². The number of thiocarbonyl (C=S) groups is 1. The monoisotopic (exact) mass is 465 g/mol. The SMILES string of the molecule is CC(C)N1c2ccc(/C=C3\C(=O)NC(=S)N(c4ccccc4F)C3=O)cc2[C@H](C)CC1(C)C. The minimum atomic E-state index is -0.649. The molecule has 0 spiro atoms. The molecule has 0 radical (unpaired) electrons. The number of amides is 2. The van der Waals surface area contributed by atoms with E-state index in [-0.39, 0.29) is 21.9 Å². The number of carbonyl (C=O) groups excluding carboxylic acids is 2. The van der Waals surface area contributed by atoms with E-state index in [1.165, 1.54) is 29.4 Å². The normalized spacial score (nSPS) is 21.5. The fraction of sp³-hybridized carbons (Fsp3) is 0.346. The van der Waals surface area contributed by atoms with E-state index >= 15 is 0 Å². The smallest absolute Gasteiger partial charge is 0.270 e. The van der Waals surface area contributed by atoms with Crippen LogP contribution >= 0.6 is 12.2 Å². The first kappa shape index (κ1) is 23.1. The number of nitrogens with one attached hydrogen (secondary N) is 1. The van der Waals surface area contributed by atoms with Crippen molar-refractivity contribution in [2.45, 2.75) is 58.5 Å². The molecule has 7 heteroatoms. The van der Waals surface area contributed by atoms with Gasteiger partial charge < -0.3 is 4.90 Å². The van der Waals surface area contributed by atoms with Crippen molar-refractivity contribution >= 4 is 46.6 Å². The van der Waals surface area contributed by atoms with Crippen LogP contribution in [0.4, 0.5) is 15.8 Å². The van der Waals surface area contributed by atoms with Gasteiger partial charge in [0.05, 0.1) is 5.69 Å². The van der Waals surface area contributed by atoms with Gasteiger partial charge in [-0.15, -0.1) is 0 Å². The predicted octanol–water partition coefficient (Wildman–Crippen LogP) is 5.16. The summed E-state index contributed by atoms with van der Waals surface area (Å²) in [6, 6.07) is 12.2. The molecule has 2 aromatic carbocycles. The molecule has 5 nitrogen and oxygen atoms in total. The van der Waals surface area contributed by atoms with Crippen molar-refractivity contribution in [1.82, 2.24) is 5.32 Å². The van der Waals surface area contributed by atoms with Crippen molar-refractivity contribution in [3.63, 3.8) is 0 Å². The Kier molecular flexibility index (Phi) is 5.86. The van der Waals surface area contributed by atoms with E-state index in [0.717, 1.165) is 16.9 Å². The highest BCUT2D eigenvalue weighted by molar-refractivity contribution is 7.80. The summed E-state index contributed by atoms with van der Waals surface area (Å²) in [4.78, 5) is 29.3. The standard InChI is InChI=1S/C26H28FN3O2S/c1-15(2)30-21-11-10-17(12-18(21)16(3)14-26(30,4)5)13-19-23(31)28-25(33)29(24(19)32)22-9-7-6-8-20(22)27/h6-13,15-16H,14H2,1-5H3,(H,28,31,33)/b19-13+/t16-/m1/s1. The highest BCUT2D eigenvalue weighted by Gasteiger charge is 2.38. The van der Waals surface area contributed by atoms with Crippen LogP contribution in [0.3, 0.4) is 0 Å². The maximum atomic E-state index is 14.4. The van der Waals surface area contributed by atoms with Crippen molar-refractivity contribution in [3.05, 3.63) is 65.0 Å². The van der Waals surface area contributed by atoms with Crippen LogP contribution in [0.15, 0.2) is 48.0 Å².